The third kappa shape index (κ3) is 3.63. The van der Waals surface area contributed by atoms with Gasteiger partial charge in [-0.15, -0.1) is 12.4 Å². The van der Waals surface area contributed by atoms with Crippen molar-refractivity contribution in [1.29, 1.82) is 0 Å². The van der Waals surface area contributed by atoms with E-state index in [2.05, 4.69) is 11.8 Å². The van der Waals surface area contributed by atoms with E-state index in [4.69, 9.17) is 9.47 Å². The van der Waals surface area contributed by atoms with Gasteiger partial charge in [-0.05, 0) is 18.5 Å². The van der Waals surface area contributed by atoms with E-state index in [-0.39, 0.29) is 31.1 Å². The van der Waals surface area contributed by atoms with Crippen LogP contribution in [0.2, 0.25) is 0 Å². The number of hydrogen-bond acceptors (Lipinski definition) is 5. The van der Waals surface area contributed by atoms with Gasteiger partial charge in [-0.3, -0.25) is 9.69 Å². The highest BCUT2D eigenvalue weighted by atomic mass is 35.5. The fourth-order valence-electron chi connectivity index (χ4n) is 4.57. The molecule has 6 heteroatoms. The van der Waals surface area contributed by atoms with Crippen LogP contribution in [0.3, 0.4) is 0 Å². The van der Waals surface area contributed by atoms with Crippen LogP contribution in [-0.4, -0.2) is 59.5 Å². The number of piperidine rings is 1. The maximum atomic E-state index is 12.6. The highest BCUT2D eigenvalue weighted by Crippen LogP contribution is 2.49. The van der Waals surface area contributed by atoms with Crippen LogP contribution in [0.25, 0.3) is 0 Å². The molecule has 3 fully saturated rings. The van der Waals surface area contributed by atoms with Crippen LogP contribution in [0.4, 0.5) is 0 Å². The molecule has 3 heterocycles. The van der Waals surface area contributed by atoms with Crippen LogP contribution in [0.15, 0.2) is 30.3 Å². The number of carbonyl (C=O) groups is 1. The molecule has 3 aliphatic rings. The third-order valence-electron chi connectivity index (χ3n) is 5.90. The average molecular weight is 382 g/mol. The Labute approximate surface area is 161 Å². The molecule has 1 aromatic rings. The van der Waals surface area contributed by atoms with E-state index in [1.165, 1.54) is 12.8 Å². The summed E-state index contributed by atoms with van der Waals surface area (Å²) in [6.07, 6.45) is 4.72. The van der Waals surface area contributed by atoms with E-state index in [1.54, 1.807) is 0 Å². The number of fused-ring (bicyclic) bond motifs is 5. The van der Waals surface area contributed by atoms with E-state index in [1.807, 2.05) is 30.3 Å². The predicted octanol–water partition coefficient (Wildman–Crippen LogP) is 2.51. The molecule has 0 saturated carbocycles. The fraction of sp³-hybridized carbons (Fsp3) is 0.650. The lowest BCUT2D eigenvalue weighted by Gasteiger charge is -2.40. The monoisotopic (exact) mass is 381 g/mol. The Hall–Kier alpha value is -1.14. The number of aliphatic hydroxyl groups excluding tert-OH is 1. The molecule has 3 aliphatic heterocycles. The first kappa shape index (κ1) is 19.6. The van der Waals surface area contributed by atoms with Crippen molar-refractivity contribution in [3.05, 3.63) is 35.9 Å². The quantitative estimate of drug-likeness (QED) is 0.580. The lowest BCUT2D eigenvalue weighted by Crippen LogP contribution is -2.50. The van der Waals surface area contributed by atoms with Crippen LogP contribution < -0.4 is 0 Å². The summed E-state index contributed by atoms with van der Waals surface area (Å²) in [7, 11) is 0. The number of benzene rings is 1. The predicted molar refractivity (Wildman–Crippen MR) is 100 cm³/mol. The molecule has 0 spiro atoms. The molecule has 26 heavy (non-hydrogen) atoms. The molecule has 2 bridgehead atoms. The van der Waals surface area contributed by atoms with E-state index in [0.717, 1.165) is 24.9 Å². The van der Waals surface area contributed by atoms with Crippen LogP contribution >= 0.6 is 12.4 Å². The number of aliphatic hydroxyl groups is 1. The van der Waals surface area contributed by atoms with Crippen LogP contribution in [-0.2, 0) is 14.3 Å². The Balaban J connectivity index is 0.00000196. The number of halogens is 1. The summed E-state index contributed by atoms with van der Waals surface area (Å²) < 4.78 is 11.6. The van der Waals surface area contributed by atoms with Crippen LogP contribution in [0.5, 0.6) is 0 Å². The lowest BCUT2D eigenvalue weighted by molar-refractivity contribution is -0.157. The number of ether oxygens (including phenoxy) is 2. The van der Waals surface area contributed by atoms with Gasteiger partial charge in [-0.2, -0.15) is 0 Å². The fourth-order valence-corrected chi connectivity index (χ4v) is 4.57. The molecule has 0 radical (unpaired) electrons. The van der Waals surface area contributed by atoms with Gasteiger partial charge in [0.2, 0.25) is 0 Å². The SMILES string of the molecule is CCCCN1C2CC(OC(=O)C(CO)c3ccccc3)CC1C1OC12.Cl. The molecule has 0 aliphatic carbocycles. The van der Waals surface area contributed by atoms with Gasteiger partial charge in [0.25, 0.3) is 0 Å². The first-order chi connectivity index (χ1) is 12.2. The Bertz CT molecular complexity index is 595. The number of nitrogens with zero attached hydrogens (tertiary/aromatic N) is 1. The minimum atomic E-state index is -0.595. The van der Waals surface area contributed by atoms with Gasteiger partial charge in [-0.1, -0.05) is 43.7 Å². The Morgan fingerprint density at radius 3 is 2.50 bits per heavy atom. The maximum Gasteiger partial charge on any atom is 0.316 e. The highest BCUT2D eigenvalue weighted by Gasteiger charge is 2.63. The molecule has 3 saturated heterocycles. The minimum absolute atomic E-state index is 0. The number of carbonyl (C=O) groups excluding carboxylic acids is 1. The van der Waals surface area contributed by atoms with Gasteiger partial charge < -0.3 is 14.6 Å². The van der Waals surface area contributed by atoms with Gasteiger partial charge in [0.05, 0.1) is 6.61 Å². The van der Waals surface area contributed by atoms with Crippen molar-refractivity contribution in [2.24, 2.45) is 0 Å². The van der Waals surface area contributed by atoms with Crippen molar-refractivity contribution in [2.45, 2.75) is 68.9 Å². The zero-order chi connectivity index (χ0) is 17.4. The molecular formula is C20H28ClNO4. The van der Waals surface area contributed by atoms with Crippen LogP contribution in [0, 0.1) is 0 Å². The van der Waals surface area contributed by atoms with Crippen molar-refractivity contribution < 1.29 is 19.4 Å². The molecule has 4 rings (SSSR count). The average Bonchev–Trinajstić information content (AvgIpc) is 3.38. The summed E-state index contributed by atoms with van der Waals surface area (Å²) in [5.41, 5.74) is 0.810. The summed E-state index contributed by atoms with van der Waals surface area (Å²) in [5, 5.41) is 9.65. The number of morpholine rings is 1. The highest BCUT2D eigenvalue weighted by molar-refractivity contribution is 5.85. The lowest BCUT2D eigenvalue weighted by atomic mass is 9.97. The minimum Gasteiger partial charge on any atom is -0.462 e. The van der Waals surface area contributed by atoms with Crippen molar-refractivity contribution in [1.82, 2.24) is 4.90 Å². The summed E-state index contributed by atoms with van der Waals surface area (Å²) in [6.45, 7) is 3.11. The number of epoxide rings is 1. The summed E-state index contributed by atoms with van der Waals surface area (Å²) in [6, 6.07) is 10.2. The van der Waals surface area contributed by atoms with Crippen molar-refractivity contribution >= 4 is 18.4 Å². The van der Waals surface area contributed by atoms with Crippen molar-refractivity contribution in [3.63, 3.8) is 0 Å². The standard InChI is InChI=1S/C20H27NO4.ClH/c1-2-3-9-21-16-10-14(11-17(21)19-18(16)25-19)24-20(23)15(12-22)13-7-5-4-6-8-13;/h4-8,14-19,22H,2-3,9-12H2,1H3;1H. The van der Waals surface area contributed by atoms with Gasteiger partial charge in [0, 0.05) is 24.9 Å². The van der Waals surface area contributed by atoms with Crippen molar-refractivity contribution in [2.75, 3.05) is 13.2 Å². The molecule has 1 N–H and O–H groups in total. The molecule has 5 unspecified atom stereocenters. The Morgan fingerprint density at radius 1 is 1.27 bits per heavy atom. The normalized spacial score (nSPS) is 33.1. The first-order valence-electron chi connectivity index (χ1n) is 9.50. The first-order valence-corrected chi connectivity index (χ1v) is 9.50. The molecule has 5 atom stereocenters. The second-order valence-electron chi connectivity index (χ2n) is 7.47. The van der Waals surface area contributed by atoms with E-state index in [0.29, 0.717) is 24.3 Å². The molecule has 5 nitrogen and oxygen atoms in total. The van der Waals surface area contributed by atoms with E-state index < -0.39 is 5.92 Å². The smallest absolute Gasteiger partial charge is 0.316 e. The second kappa shape index (κ2) is 8.26. The van der Waals surface area contributed by atoms with Crippen LogP contribution in [0.1, 0.15) is 44.1 Å². The van der Waals surface area contributed by atoms with Gasteiger partial charge in [-0.25, -0.2) is 0 Å². The number of unbranched alkanes of at least 4 members (excludes halogenated alkanes) is 1. The third-order valence-corrected chi connectivity index (χ3v) is 5.90. The largest absolute Gasteiger partial charge is 0.462 e. The van der Waals surface area contributed by atoms with Crippen molar-refractivity contribution in [3.8, 4) is 0 Å². The van der Waals surface area contributed by atoms with Gasteiger partial charge in [0.1, 0.15) is 24.2 Å². The Kier molecular flexibility index (Phi) is 6.23. The zero-order valence-electron chi connectivity index (χ0n) is 15.1. The van der Waals surface area contributed by atoms with E-state index >= 15 is 0 Å². The van der Waals surface area contributed by atoms with Gasteiger partial charge in [0.15, 0.2) is 0 Å². The maximum absolute atomic E-state index is 12.6. The van der Waals surface area contributed by atoms with Gasteiger partial charge >= 0.3 is 5.97 Å². The summed E-state index contributed by atoms with van der Waals surface area (Å²) >= 11 is 0. The molecule has 144 valence electrons. The Morgan fingerprint density at radius 2 is 1.92 bits per heavy atom. The van der Waals surface area contributed by atoms with E-state index in [9.17, 15) is 9.90 Å². The second-order valence-corrected chi connectivity index (χ2v) is 7.47. The summed E-state index contributed by atoms with van der Waals surface area (Å²) in [5.74, 6) is -0.905. The zero-order valence-corrected chi connectivity index (χ0v) is 15.9. The molecule has 0 aromatic heterocycles. The topological polar surface area (TPSA) is 62.3 Å². The summed E-state index contributed by atoms with van der Waals surface area (Å²) in [4.78, 5) is 15.2. The number of rotatable bonds is 7. The molecular weight excluding hydrogens is 354 g/mol. The number of hydrogen-bond donors (Lipinski definition) is 1. The molecule has 1 aromatic carbocycles. The number of esters is 1. The molecule has 0 amide bonds.